The topological polar surface area (TPSA) is 65.2 Å². The molecule has 0 bridgehead atoms. The molecule has 0 radical (unpaired) electrons. The first-order valence-electron chi connectivity index (χ1n) is 6.06. The smallest absolute Gasteiger partial charge is 0.433 e. The average molecular weight is 332 g/mol. The first kappa shape index (κ1) is 16.3. The Morgan fingerprint density at radius 2 is 2.09 bits per heavy atom. The quantitative estimate of drug-likeness (QED) is 0.483. The molecule has 1 atom stereocenters. The highest BCUT2D eigenvalue weighted by atomic mass is 32.2. The Hall–Kier alpha value is -2.03. The van der Waals surface area contributed by atoms with E-state index in [9.17, 15) is 18.0 Å². The predicted molar refractivity (Wildman–Crippen MR) is 71.4 cm³/mol. The zero-order valence-corrected chi connectivity index (χ0v) is 12.4. The Balaban J connectivity index is 2.13. The predicted octanol–water partition coefficient (Wildman–Crippen LogP) is 3.73. The number of aromatic nitrogens is 2. The molecule has 0 aliphatic carbocycles. The van der Waals surface area contributed by atoms with E-state index in [1.165, 1.54) is 13.2 Å². The molecule has 0 unspecified atom stereocenters. The number of nitrogens with zero attached hydrogens (tertiary/aromatic N) is 2. The number of alkyl halides is 3. The summed E-state index contributed by atoms with van der Waals surface area (Å²) in [4.78, 5) is 18.5. The molecule has 2 aromatic rings. The summed E-state index contributed by atoms with van der Waals surface area (Å²) in [6.45, 7) is 1.70. The minimum absolute atomic E-state index is 0.0231. The summed E-state index contributed by atoms with van der Waals surface area (Å²) in [5.74, 6) is -0.194. The molecule has 0 saturated carbocycles. The van der Waals surface area contributed by atoms with E-state index in [2.05, 4.69) is 14.7 Å². The standard InChI is InChI=1S/C13H11F3N2O3S/c1-7(8-3-4-9(21-8)11(19)20-2)22-12-17-6-5-10(18-12)13(14,15)16/h3-7H,1-2H3/t7-/m1/s1. The van der Waals surface area contributed by atoms with Crippen molar-refractivity contribution in [1.29, 1.82) is 0 Å². The van der Waals surface area contributed by atoms with E-state index < -0.39 is 17.8 Å². The Bertz CT molecular complexity index is 673. The lowest BCUT2D eigenvalue weighted by Crippen LogP contribution is -2.09. The fourth-order valence-electron chi connectivity index (χ4n) is 1.55. The van der Waals surface area contributed by atoms with Crippen LogP contribution in [0.4, 0.5) is 13.2 Å². The molecule has 5 nitrogen and oxygen atoms in total. The van der Waals surface area contributed by atoms with Gasteiger partial charge in [0.15, 0.2) is 5.16 Å². The normalized spacial score (nSPS) is 13.0. The Kier molecular flexibility index (Phi) is 4.74. The number of carbonyl (C=O) groups excluding carboxylic acids is 1. The molecule has 0 aromatic carbocycles. The summed E-state index contributed by atoms with van der Waals surface area (Å²) in [5, 5.41) is -0.403. The lowest BCUT2D eigenvalue weighted by molar-refractivity contribution is -0.141. The summed E-state index contributed by atoms with van der Waals surface area (Å²) >= 11 is 0.992. The number of esters is 1. The molecule has 0 saturated heterocycles. The molecular weight excluding hydrogens is 321 g/mol. The Labute approximate surface area is 127 Å². The van der Waals surface area contributed by atoms with Gasteiger partial charge in [-0.15, -0.1) is 0 Å². The first-order chi connectivity index (χ1) is 10.3. The van der Waals surface area contributed by atoms with Gasteiger partial charge in [-0.05, 0) is 25.1 Å². The molecule has 0 N–H and O–H groups in total. The van der Waals surface area contributed by atoms with E-state index >= 15 is 0 Å². The molecule has 0 amide bonds. The summed E-state index contributed by atoms with van der Waals surface area (Å²) < 4.78 is 47.6. The molecule has 0 spiro atoms. The van der Waals surface area contributed by atoms with Crippen molar-refractivity contribution >= 4 is 17.7 Å². The average Bonchev–Trinajstić information content (AvgIpc) is 2.95. The van der Waals surface area contributed by atoms with Gasteiger partial charge in [0, 0.05) is 6.20 Å². The molecule has 0 fully saturated rings. The maximum atomic E-state index is 12.6. The molecule has 2 aromatic heterocycles. The van der Waals surface area contributed by atoms with E-state index in [0.717, 1.165) is 24.0 Å². The lowest BCUT2D eigenvalue weighted by Gasteiger charge is -2.09. The van der Waals surface area contributed by atoms with Crippen molar-refractivity contribution in [1.82, 2.24) is 9.97 Å². The maximum Gasteiger partial charge on any atom is 0.433 e. The largest absolute Gasteiger partial charge is 0.463 e. The van der Waals surface area contributed by atoms with Crippen LogP contribution in [-0.2, 0) is 10.9 Å². The second-order valence-electron chi connectivity index (χ2n) is 4.18. The van der Waals surface area contributed by atoms with E-state index in [-0.39, 0.29) is 16.2 Å². The van der Waals surface area contributed by atoms with Gasteiger partial charge in [0.25, 0.3) is 0 Å². The zero-order valence-electron chi connectivity index (χ0n) is 11.5. The van der Waals surface area contributed by atoms with Gasteiger partial charge < -0.3 is 9.15 Å². The number of furan rings is 1. The van der Waals surface area contributed by atoms with Gasteiger partial charge in [0.2, 0.25) is 5.76 Å². The summed E-state index contributed by atoms with van der Waals surface area (Å²) in [6.07, 6.45) is -3.48. The van der Waals surface area contributed by atoms with Gasteiger partial charge in [-0.3, -0.25) is 0 Å². The summed E-state index contributed by atoms with van der Waals surface area (Å²) in [6, 6.07) is 3.79. The zero-order chi connectivity index (χ0) is 16.3. The van der Waals surface area contributed by atoms with Gasteiger partial charge in [-0.2, -0.15) is 13.2 Å². The number of rotatable bonds is 4. The highest BCUT2D eigenvalue weighted by Gasteiger charge is 2.33. The van der Waals surface area contributed by atoms with Crippen LogP contribution in [0.3, 0.4) is 0 Å². The van der Waals surface area contributed by atoms with Gasteiger partial charge in [-0.1, -0.05) is 11.8 Å². The number of carbonyl (C=O) groups is 1. The third-order valence-electron chi connectivity index (χ3n) is 2.62. The van der Waals surface area contributed by atoms with Crippen LogP contribution in [0.25, 0.3) is 0 Å². The van der Waals surface area contributed by atoms with Crippen molar-refractivity contribution in [2.75, 3.05) is 7.11 Å². The highest BCUT2D eigenvalue weighted by molar-refractivity contribution is 7.99. The van der Waals surface area contributed by atoms with Gasteiger partial charge in [0.1, 0.15) is 11.5 Å². The molecular formula is C13H11F3N2O3S. The molecule has 0 aliphatic rings. The van der Waals surface area contributed by atoms with Crippen LogP contribution >= 0.6 is 11.8 Å². The lowest BCUT2D eigenvalue weighted by atomic mass is 10.3. The van der Waals surface area contributed by atoms with Crippen LogP contribution < -0.4 is 0 Å². The van der Waals surface area contributed by atoms with Gasteiger partial charge >= 0.3 is 12.1 Å². The maximum absolute atomic E-state index is 12.6. The number of ether oxygens (including phenoxy) is 1. The number of hydrogen-bond acceptors (Lipinski definition) is 6. The number of thioether (sulfide) groups is 1. The second-order valence-corrected chi connectivity index (χ2v) is 5.48. The van der Waals surface area contributed by atoms with Crippen LogP contribution in [0.15, 0.2) is 34.0 Å². The summed E-state index contributed by atoms with van der Waals surface area (Å²) in [5.41, 5.74) is -1.01. The van der Waals surface area contributed by atoms with Crippen molar-refractivity contribution < 1.29 is 27.1 Å². The van der Waals surface area contributed by atoms with Crippen molar-refractivity contribution in [2.45, 2.75) is 23.5 Å². The third kappa shape index (κ3) is 3.79. The second kappa shape index (κ2) is 6.39. The summed E-state index contributed by atoms with van der Waals surface area (Å²) in [7, 11) is 1.22. The van der Waals surface area contributed by atoms with Crippen LogP contribution in [0.2, 0.25) is 0 Å². The minimum Gasteiger partial charge on any atom is -0.463 e. The minimum atomic E-state index is -4.52. The van der Waals surface area contributed by atoms with Gasteiger partial charge in [-0.25, -0.2) is 14.8 Å². The van der Waals surface area contributed by atoms with Crippen molar-refractivity contribution in [2.24, 2.45) is 0 Å². The molecule has 22 heavy (non-hydrogen) atoms. The fraction of sp³-hybridized carbons (Fsp3) is 0.308. The number of methoxy groups -OCH3 is 1. The fourth-order valence-corrected chi connectivity index (χ4v) is 2.39. The molecule has 9 heteroatoms. The van der Waals surface area contributed by atoms with Gasteiger partial charge in [0.05, 0.1) is 12.4 Å². The monoisotopic (exact) mass is 332 g/mol. The number of halogens is 3. The molecule has 2 rings (SSSR count). The Morgan fingerprint density at radius 1 is 1.36 bits per heavy atom. The highest BCUT2D eigenvalue weighted by Crippen LogP contribution is 2.35. The first-order valence-corrected chi connectivity index (χ1v) is 6.94. The molecule has 0 aliphatic heterocycles. The van der Waals surface area contributed by atoms with Crippen LogP contribution in [0.1, 0.15) is 34.2 Å². The van der Waals surface area contributed by atoms with E-state index in [4.69, 9.17) is 4.42 Å². The SMILES string of the molecule is COC(=O)c1ccc([C@@H](C)Sc2nccc(C(F)(F)F)n2)o1. The molecule has 118 valence electrons. The van der Waals surface area contributed by atoms with E-state index in [1.54, 1.807) is 13.0 Å². The van der Waals surface area contributed by atoms with Crippen LogP contribution in [0, 0.1) is 0 Å². The number of hydrogen-bond donors (Lipinski definition) is 0. The Morgan fingerprint density at radius 3 is 2.73 bits per heavy atom. The van der Waals surface area contributed by atoms with E-state index in [1.807, 2.05) is 0 Å². The van der Waals surface area contributed by atoms with E-state index in [0.29, 0.717) is 5.76 Å². The van der Waals surface area contributed by atoms with Crippen molar-refractivity contribution in [3.8, 4) is 0 Å². The van der Waals surface area contributed by atoms with Crippen LogP contribution in [0.5, 0.6) is 0 Å². The van der Waals surface area contributed by atoms with Crippen molar-refractivity contribution in [3.63, 3.8) is 0 Å². The third-order valence-corrected chi connectivity index (χ3v) is 3.61. The van der Waals surface area contributed by atoms with Crippen molar-refractivity contribution in [3.05, 3.63) is 41.6 Å². The van der Waals surface area contributed by atoms with Crippen LogP contribution in [-0.4, -0.2) is 23.0 Å². The molecule has 2 heterocycles.